The second kappa shape index (κ2) is 6.84. The fourth-order valence-electron chi connectivity index (χ4n) is 2.22. The van der Waals surface area contributed by atoms with Gasteiger partial charge in [-0.15, -0.1) is 0 Å². The molecular weight excluding hydrogens is 304 g/mol. The number of hydrogen-bond acceptors (Lipinski definition) is 4. The lowest BCUT2D eigenvalue weighted by Gasteiger charge is -2.01. The Balaban J connectivity index is 1.76. The maximum absolute atomic E-state index is 11.4. The first-order chi connectivity index (χ1) is 11.7. The van der Waals surface area contributed by atoms with Gasteiger partial charge in [-0.2, -0.15) is 5.10 Å². The van der Waals surface area contributed by atoms with E-state index in [2.05, 4.69) is 27.2 Å². The molecule has 1 N–H and O–H groups in total. The van der Waals surface area contributed by atoms with Crippen molar-refractivity contribution in [3.8, 4) is 23.3 Å². The van der Waals surface area contributed by atoms with E-state index < -0.39 is 0 Å². The summed E-state index contributed by atoms with van der Waals surface area (Å²) in [5.41, 5.74) is 2.35. The number of amides is 1. The van der Waals surface area contributed by atoms with Crippen molar-refractivity contribution in [1.82, 2.24) is 14.8 Å². The molecule has 6 heteroatoms. The third-order valence-electron chi connectivity index (χ3n) is 3.39. The average Bonchev–Trinajstić information content (AvgIpc) is 3.19. The Morgan fingerprint density at radius 2 is 2.12 bits per heavy atom. The molecule has 0 fully saturated rings. The summed E-state index contributed by atoms with van der Waals surface area (Å²) in [6.45, 7) is 4.06. The van der Waals surface area contributed by atoms with E-state index in [1.807, 2.05) is 31.3 Å². The molecule has 0 saturated heterocycles. The summed E-state index contributed by atoms with van der Waals surface area (Å²) < 4.78 is 7.54. The van der Waals surface area contributed by atoms with Crippen LogP contribution in [0.5, 0.6) is 0 Å². The van der Waals surface area contributed by atoms with E-state index in [0.29, 0.717) is 18.1 Å². The van der Waals surface area contributed by atoms with Gasteiger partial charge in [0.2, 0.25) is 5.89 Å². The number of nitrogens with one attached hydrogen (secondary N) is 1. The van der Waals surface area contributed by atoms with E-state index in [4.69, 9.17) is 4.42 Å². The summed E-state index contributed by atoms with van der Waals surface area (Å²) in [6.07, 6.45) is 3.61. The van der Waals surface area contributed by atoms with E-state index >= 15 is 0 Å². The van der Waals surface area contributed by atoms with E-state index in [1.165, 1.54) is 0 Å². The van der Waals surface area contributed by atoms with Crippen molar-refractivity contribution >= 4 is 11.6 Å². The van der Waals surface area contributed by atoms with Crippen LogP contribution in [0.15, 0.2) is 47.1 Å². The number of rotatable bonds is 4. The topological polar surface area (TPSA) is 73.0 Å². The van der Waals surface area contributed by atoms with Crippen molar-refractivity contribution in [2.45, 2.75) is 20.4 Å². The van der Waals surface area contributed by atoms with Gasteiger partial charge in [-0.05, 0) is 50.1 Å². The normalized spacial score (nSPS) is 10.1. The molecule has 24 heavy (non-hydrogen) atoms. The maximum Gasteiger partial charge on any atom is 0.300 e. The molecule has 0 spiro atoms. The Kier molecular flexibility index (Phi) is 4.43. The Hall–Kier alpha value is -3.33. The number of benzene rings is 1. The summed E-state index contributed by atoms with van der Waals surface area (Å²) in [5.74, 6) is 5.96. The molecule has 0 aliphatic rings. The molecule has 0 radical (unpaired) electrons. The molecule has 3 rings (SSSR count). The van der Waals surface area contributed by atoms with Crippen LogP contribution in [-0.4, -0.2) is 20.7 Å². The molecule has 0 atom stereocenters. The van der Waals surface area contributed by atoms with Crippen LogP contribution in [0.2, 0.25) is 0 Å². The highest BCUT2D eigenvalue weighted by molar-refractivity contribution is 6.03. The molecule has 0 bridgehead atoms. The van der Waals surface area contributed by atoms with Gasteiger partial charge in [0.25, 0.3) is 5.91 Å². The number of aryl methyl sites for hydroxylation is 1. The third-order valence-corrected chi connectivity index (χ3v) is 3.39. The van der Waals surface area contributed by atoms with Crippen molar-refractivity contribution in [3.63, 3.8) is 0 Å². The molecule has 0 aliphatic carbocycles. The lowest BCUT2D eigenvalue weighted by Crippen LogP contribution is -2.07. The number of anilines is 1. The fraction of sp³-hybridized carbons (Fsp3) is 0.167. The second-order valence-corrected chi connectivity index (χ2v) is 5.13. The largest absolute Gasteiger partial charge is 0.441 e. The van der Waals surface area contributed by atoms with Crippen LogP contribution in [0.4, 0.5) is 5.69 Å². The van der Waals surface area contributed by atoms with E-state index in [-0.39, 0.29) is 5.91 Å². The van der Waals surface area contributed by atoms with Gasteiger partial charge in [-0.25, -0.2) is 4.98 Å². The number of nitrogens with zero attached hydrogens (tertiary/aromatic N) is 3. The third kappa shape index (κ3) is 3.52. The summed E-state index contributed by atoms with van der Waals surface area (Å²) in [4.78, 5) is 16.0. The van der Waals surface area contributed by atoms with Gasteiger partial charge in [-0.3, -0.25) is 9.48 Å². The Morgan fingerprint density at radius 1 is 1.33 bits per heavy atom. The molecule has 0 aliphatic heterocycles. The standard InChI is InChI=1S/C18H16N4O2/c1-3-5-17(23)20-15-8-6-14(7-9-15)18-21-16(13(2)24-18)12-22-11-4-10-19-22/h4,6-11H,12H2,1-2H3,(H,20,23). The molecule has 2 aromatic heterocycles. The number of oxazole rings is 1. The van der Waals surface area contributed by atoms with Crippen molar-refractivity contribution < 1.29 is 9.21 Å². The van der Waals surface area contributed by atoms with Crippen LogP contribution in [-0.2, 0) is 11.3 Å². The number of hydrogen-bond donors (Lipinski definition) is 1. The minimum atomic E-state index is -0.335. The Bertz CT molecular complexity index is 897. The smallest absolute Gasteiger partial charge is 0.300 e. The average molecular weight is 320 g/mol. The van der Waals surface area contributed by atoms with Crippen LogP contribution < -0.4 is 5.32 Å². The summed E-state index contributed by atoms with van der Waals surface area (Å²) in [5, 5.41) is 6.87. The fourth-order valence-corrected chi connectivity index (χ4v) is 2.22. The van der Waals surface area contributed by atoms with Crippen LogP contribution >= 0.6 is 0 Å². The summed E-state index contributed by atoms with van der Waals surface area (Å²) in [7, 11) is 0. The second-order valence-electron chi connectivity index (χ2n) is 5.13. The summed E-state index contributed by atoms with van der Waals surface area (Å²) in [6, 6.07) is 9.14. The molecule has 0 saturated carbocycles. The lowest BCUT2D eigenvalue weighted by molar-refractivity contribution is -0.111. The zero-order valence-corrected chi connectivity index (χ0v) is 13.4. The first-order valence-corrected chi connectivity index (χ1v) is 7.43. The predicted octanol–water partition coefficient (Wildman–Crippen LogP) is 2.86. The molecule has 1 amide bonds. The minimum Gasteiger partial charge on any atom is -0.441 e. The summed E-state index contributed by atoms with van der Waals surface area (Å²) >= 11 is 0. The molecule has 6 nitrogen and oxygen atoms in total. The number of carbonyl (C=O) groups excluding carboxylic acids is 1. The van der Waals surface area contributed by atoms with Crippen LogP contribution in [0.25, 0.3) is 11.5 Å². The molecular formula is C18H16N4O2. The first kappa shape index (κ1) is 15.6. The highest BCUT2D eigenvalue weighted by Crippen LogP contribution is 2.23. The zero-order valence-electron chi connectivity index (χ0n) is 13.4. The quantitative estimate of drug-likeness (QED) is 0.750. The van der Waals surface area contributed by atoms with Gasteiger partial charge >= 0.3 is 0 Å². The molecule has 0 unspecified atom stereocenters. The van der Waals surface area contributed by atoms with Gasteiger partial charge in [0.05, 0.1) is 6.54 Å². The molecule has 120 valence electrons. The van der Waals surface area contributed by atoms with Gasteiger partial charge in [0.15, 0.2) is 0 Å². The van der Waals surface area contributed by atoms with Crippen LogP contribution in [0, 0.1) is 18.8 Å². The number of aromatic nitrogens is 3. The maximum atomic E-state index is 11.4. The van der Waals surface area contributed by atoms with Crippen molar-refractivity contribution in [1.29, 1.82) is 0 Å². The van der Waals surface area contributed by atoms with Gasteiger partial charge in [-0.1, -0.05) is 5.92 Å². The highest BCUT2D eigenvalue weighted by Gasteiger charge is 2.12. The number of carbonyl (C=O) groups is 1. The van der Waals surface area contributed by atoms with Crippen molar-refractivity contribution in [2.75, 3.05) is 5.32 Å². The molecule has 1 aromatic carbocycles. The minimum absolute atomic E-state index is 0.335. The van der Waals surface area contributed by atoms with Crippen LogP contribution in [0.3, 0.4) is 0 Å². The molecule has 2 heterocycles. The Morgan fingerprint density at radius 3 is 2.79 bits per heavy atom. The van der Waals surface area contributed by atoms with Gasteiger partial charge in [0.1, 0.15) is 11.5 Å². The van der Waals surface area contributed by atoms with Crippen molar-refractivity contribution in [2.24, 2.45) is 0 Å². The highest BCUT2D eigenvalue weighted by atomic mass is 16.4. The van der Waals surface area contributed by atoms with Crippen LogP contribution in [0.1, 0.15) is 18.4 Å². The SMILES string of the molecule is CC#CC(=O)Nc1ccc(-c2nc(Cn3cccn3)c(C)o2)cc1. The van der Waals surface area contributed by atoms with Gasteiger partial charge in [0, 0.05) is 23.6 Å². The monoisotopic (exact) mass is 320 g/mol. The van der Waals surface area contributed by atoms with E-state index in [9.17, 15) is 4.79 Å². The predicted molar refractivity (Wildman–Crippen MR) is 90.1 cm³/mol. The van der Waals surface area contributed by atoms with E-state index in [0.717, 1.165) is 17.0 Å². The lowest BCUT2D eigenvalue weighted by atomic mass is 10.2. The molecule has 3 aromatic rings. The van der Waals surface area contributed by atoms with Crippen molar-refractivity contribution in [3.05, 3.63) is 54.2 Å². The zero-order chi connectivity index (χ0) is 16.9. The van der Waals surface area contributed by atoms with E-state index in [1.54, 1.807) is 29.9 Å². The first-order valence-electron chi connectivity index (χ1n) is 7.43. The Labute approximate surface area is 139 Å². The van der Waals surface area contributed by atoms with Gasteiger partial charge < -0.3 is 9.73 Å².